The summed E-state index contributed by atoms with van der Waals surface area (Å²) in [5.41, 5.74) is 7.59. The topological polar surface area (TPSA) is 406 Å². The molecular formula is C71H94N6O18S3. The number of unbranched alkanes of at least 4 members (excludes halogenated alkanes) is 1. The van der Waals surface area contributed by atoms with Crippen LogP contribution in [-0.2, 0) is 94.5 Å². The maximum atomic E-state index is 11.5. The van der Waals surface area contributed by atoms with E-state index in [9.17, 15) is 88.8 Å². The van der Waals surface area contributed by atoms with E-state index in [1.807, 2.05) is 102 Å². The molecule has 0 radical (unpaired) electrons. The van der Waals surface area contributed by atoms with Gasteiger partial charge in [0.2, 0.25) is 0 Å². The number of nitrogens with one attached hydrogen (secondary N) is 4. The summed E-state index contributed by atoms with van der Waals surface area (Å²) < 4.78 is 0. The van der Waals surface area contributed by atoms with Gasteiger partial charge in [-0.2, -0.15) is 11.8 Å². The Morgan fingerprint density at radius 3 is 1.05 bits per heavy atom. The molecule has 6 rings (SSSR count). The molecule has 2 aliphatic heterocycles. The van der Waals surface area contributed by atoms with Gasteiger partial charge < -0.3 is 62.1 Å². The molecule has 4 heterocycles. The summed E-state index contributed by atoms with van der Waals surface area (Å²) >= 11 is 12.6. The molecule has 12 N–H and O–H groups in total. The molecule has 2 saturated heterocycles. The van der Waals surface area contributed by atoms with Crippen molar-refractivity contribution >= 4 is 117 Å². The standard InChI is InChI=1S/2C29H36N2O8S.C13H22N2O2S/c2*1-17(2)29(40)31-22-7-5-18(6-8-22)3-4-19-9-23(11-20(13-25(32)33)14-26(34)35)30-24(10-19)12-21(15-27(36)37)16-28(38)39;1-8(2)10(16)5-3-4-6-11-12-9(7-18-11)14-13(17)15-12/h2*5-10,17,20-21H,3-4,11-16H2,1-2H3,(H,31,40)(H,32,33)(H,34,35)(H,36,37)(H,38,39);8-9,11-12H,3-7H2,1-2H3,(H2,14,15,17)/t;;9?,11-,12?/m..0/s1. The zero-order valence-corrected chi connectivity index (χ0v) is 58.8. The van der Waals surface area contributed by atoms with Crippen molar-refractivity contribution in [3.63, 3.8) is 0 Å². The first-order chi connectivity index (χ1) is 46.2. The van der Waals surface area contributed by atoms with Crippen LogP contribution in [0.4, 0.5) is 16.2 Å². The number of pyridine rings is 2. The third-order valence-electron chi connectivity index (χ3n) is 16.3. The van der Waals surface area contributed by atoms with Crippen LogP contribution in [0, 0.1) is 41.4 Å². The van der Waals surface area contributed by atoms with Gasteiger partial charge in [0, 0.05) is 121 Å². The molecule has 2 aliphatic rings. The number of anilines is 2. The molecule has 2 aromatic carbocycles. The number of thiocarbonyl (C=S) groups is 2. The molecule has 0 bridgehead atoms. The van der Waals surface area contributed by atoms with E-state index in [0.29, 0.717) is 78.0 Å². The fourth-order valence-electron chi connectivity index (χ4n) is 11.4. The number of aromatic nitrogens is 2. The zero-order valence-electron chi connectivity index (χ0n) is 56.3. The monoisotopic (exact) mass is 1410 g/mol. The average molecular weight is 1420 g/mol. The number of rotatable bonds is 40. The number of carboxylic acid groups (broad SMARTS) is 8. The third-order valence-corrected chi connectivity index (χ3v) is 19.0. The van der Waals surface area contributed by atoms with Crippen LogP contribution >= 0.6 is 36.2 Å². The Morgan fingerprint density at radius 2 is 0.765 bits per heavy atom. The number of hydrogen-bond acceptors (Lipinski definition) is 15. The number of fused-ring (bicyclic) bond motifs is 1. The largest absolute Gasteiger partial charge is 0.481 e. The average Bonchev–Trinajstić information content (AvgIpc) is 1.63. The summed E-state index contributed by atoms with van der Waals surface area (Å²) in [6.45, 7) is 12.0. The molecule has 3 atom stereocenters. The molecule has 27 heteroatoms. The van der Waals surface area contributed by atoms with Gasteiger partial charge in [-0.25, -0.2) is 4.79 Å². The van der Waals surface area contributed by atoms with E-state index in [1.54, 1.807) is 24.3 Å². The number of carboxylic acids is 8. The normalized spacial score (nSPS) is 14.6. The number of urea groups is 1. The van der Waals surface area contributed by atoms with E-state index in [1.165, 1.54) is 0 Å². The summed E-state index contributed by atoms with van der Waals surface area (Å²) in [6, 6.07) is 23.5. The third kappa shape index (κ3) is 32.7. The number of thioether (sulfide) groups is 1. The van der Waals surface area contributed by atoms with Crippen LogP contribution < -0.4 is 21.3 Å². The minimum atomic E-state index is -1.11. The number of aliphatic carboxylic acids is 8. The van der Waals surface area contributed by atoms with E-state index in [4.69, 9.17) is 24.4 Å². The second-order valence-corrected chi connectivity index (χ2v) is 28.3. The number of aryl methyl sites for hydroxylation is 4. The Hall–Kier alpha value is -8.43. The summed E-state index contributed by atoms with van der Waals surface area (Å²) in [7, 11) is 0. The number of amides is 2. The SMILES string of the molecule is CC(C)C(=O)CCCC[C@@H]1SCC2NC(=O)NC21.CC(C)C(=S)Nc1ccc(CCc2cc(CC(CC(=O)O)CC(=O)O)nc(CC(CC(=O)O)CC(=O)O)c2)cc1.CC(C)C(=S)Nc1ccc(CCc2cc(CC(CC(=O)O)CC(=O)O)nc(CC(CC(=O)O)CC(=O)O)c2)cc1. The lowest BCUT2D eigenvalue weighted by Crippen LogP contribution is -2.36. The first-order valence-electron chi connectivity index (χ1n) is 32.9. The number of carbonyl (C=O) groups excluding carboxylic acids is 2. The van der Waals surface area contributed by atoms with Gasteiger partial charge >= 0.3 is 53.8 Å². The van der Waals surface area contributed by atoms with Crippen molar-refractivity contribution in [3.8, 4) is 0 Å². The molecule has 98 heavy (non-hydrogen) atoms. The maximum absolute atomic E-state index is 11.5. The Labute approximate surface area is 586 Å². The molecule has 534 valence electrons. The van der Waals surface area contributed by atoms with Crippen LogP contribution in [-0.4, -0.2) is 143 Å². The number of carbonyl (C=O) groups is 10. The molecule has 2 aromatic heterocycles. The number of Topliss-reactive ketones (excluding diaryl/α,β-unsaturated/α-hetero) is 1. The molecule has 2 amide bonds. The van der Waals surface area contributed by atoms with Crippen LogP contribution in [0.3, 0.4) is 0 Å². The number of ketones is 1. The van der Waals surface area contributed by atoms with Gasteiger partial charge in [-0.1, -0.05) is 96.7 Å². The lowest BCUT2D eigenvalue weighted by Gasteiger charge is -2.17. The van der Waals surface area contributed by atoms with E-state index >= 15 is 0 Å². The lowest BCUT2D eigenvalue weighted by molar-refractivity contribution is -0.142. The highest BCUT2D eigenvalue weighted by atomic mass is 32.2. The minimum Gasteiger partial charge on any atom is -0.481 e. The number of hydrogen-bond donors (Lipinski definition) is 12. The van der Waals surface area contributed by atoms with Crippen molar-refractivity contribution < 1.29 is 88.8 Å². The number of nitrogens with zero attached hydrogens (tertiary/aromatic N) is 2. The molecule has 2 fully saturated rings. The first-order valence-corrected chi connectivity index (χ1v) is 34.8. The highest BCUT2D eigenvalue weighted by Gasteiger charge is 2.42. The minimum absolute atomic E-state index is 0.0229. The summed E-state index contributed by atoms with van der Waals surface area (Å²) in [6.07, 6.45) is 4.09. The molecular weight excluding hydrogens is 1320 g/mol. The quantitative estimate of drug-likeness (QED) is 0.0112. The molecule has 0 spiro atoms. The van der Waals surface area contributed by atoms with Crippen LogP contribution in [0.25, 0.3) is 0 Å². The summed E-state index contributed by atoms with van der Waals surface area (Å²) in [5, 5.41) is 86.8. The summed E-state index contributed by atoms with van der Waals surface area (Å²) in [5.74, 6) is -9.66. The van der Waals surface area contributed by atoms with Crippen LogP contribution in [0.1, 0.15) is 164 Å². The molecule has 2 unspecified atom stereocenters. The van der Waals surface area contributed by atoms with Gasteiger partial charge in [0.15, 0.2) is 0 Å². The first kappa shape index (κ1) is 82.0. The van der Waals surface area contributed by atoms with Crippen molar-refractivity contribution in [2.75, 3.05) is 16.4 Å². The Morgan fingerprint density at radius 1 is 0.459 bits per heavy atom. The molecule has 0 saturated carbocycles. The van der Waals surface area contributed by atoms with Gasteiger partial charge in [0.1, 0.15) is 5.78 Å². The van der Waals surface area contributed by atoms with Gasteiger partial charge in [-0.15, -0.1) is 0 Å². The summed E-state index contributed by atoms with van der Waals surface area (Å²) in [4.78, 5) is 124. The van der Waals surface area contributed by atoms with Gasteiger partial charge in [-0.05, 0) is 159 Å². The van der Waals surface area contributed by atoms with Crippen LogP contribution in [0.15, 0.2) is 72.8 Å². The van der Waals surface area contributed by atoms with Gasteiger partial charge in [-0.3, -0.25) is 53.1 Å². The number of benzene rings is 2. The fourth-order valence-corrected chi connectivity index (χ4v) is 13.2. The van der Waals surface area contributed by atoms with E-state index < -0.39 is 71.4 Å². The van der Waals surface area contributed by atoms with Crippen molar-refractivity contribution in [2.45, 2.75) is 187 Å². The fraction of sp³-hybridized carbons (Fsp3) is 0.521. The van der Waals surface area contributed by atoms with Gasteiger partial charge in [0.25, 0.3) is 0 Å². The van der Waals surface area contributed by atoms with Gasteiger partial charge in [0.05, 0.1) is 22.1 Å². The van der Waals surface area contributed by atoms with Crippen LogP contribution in [0.2, 0.25) is 0 Å². The Balaban J connectivity index is 0.000000334. The van der Waals surface area contributed by atoms with Crippen LogP contribution in [0.5, 0.6) is 0 Å². The van der Waals surface area contributed by atoms with E-state index in [2.05, 4.69) is 31.2 Å². The Bertz CT molecular complexity index is 3040. The van der Waals surface area contributed by atoms with Crippen molar-refractivity contribution in [3.05, 3.63) is 118 Å². The zero-order chi connectivity index (χ0) is 72.8. The molecule has 0 aliphatic carbocycles. The highest BCUT2D eigenvalue weighted by molar-refractivity contribution is 8.00. The second-order valence-electron chi connectivity index (χ2n) is 26.2. The maximum Gasteiger partial charge on any atom is 0.315 e. The van der Waals surface area contributed by atoms with Crippen molar-refractivity contribution in [1.82, 2.24) is 20.6 Å². The Kier molecular flexibility index (Phi) is 34.9. The smallest absolute Gasteiger partial charge is 0.315 e. The predicted octanol–water partition coefficient (Wildman–Crippen LogP) is 10.9. The van der Waals surface area contributed by atoms with Crippen molar-refractivity contribution in [1.29, 1.82) is 0 Å². The predicted molar refractivity (Wildman–Crippen MR) is 379 cm³/mol. The lowest BCUT2D eigenvalue weighted by atomic mass is 9.92. The van der Waals surface area contributed by atoms with E-state index in [-0.39, 0.29) is 101 Å². The van der Waals surface area contributed by atoms with E-state index in [0.717, 1.165) is 68.6 Å². The molecule has 24 nitrogen and oxygen atoms in total. The highest BCUT2D eigenvalue weighted by Crippen LogP contribution is 2.34. The van der Waals surface area contributed by atoms with Crippen molar-refractivity contribution in [2.24, 2.45) is 41.4 Å². The second kappa shape index (κ2) is 41.7. The molecule has 4 aromatic rings.